The molecule has 0 bridgehead atoms. The zero-order valence-electron chi connectivity index (χ0n) is 17.5. The summed E-state index contributed by atoms with van der Waals surface area (Å²) in [5.74, 6) is -0.859. The molecule has 0 atom stereocenters. The molecule has 162 valence electrons. The van der Waals surface area contributed by atoms with Gasteiger partial charge in [-0.1, -0.05) is 0 Å². The van der Waals surface area contributed by atoms with Gasteiger partial charge in [0.2, 0.25) is 10.0 Å². The predicted molar refractivity (Wildman–Crippen MR) is 117 cm³/mol. The van der Waals surface area contributed by atoms with Crippen LogP contribution in [0.5, 0.6) is 0 Å². The Hall–Kier alpha value is -2.23. The van der Waals surface area contributed by atoms with Crippen LogP contribution in [0.15, 0.2) is 29.2 Å². The second kappa shape index (κ2) is 8.87. The number of carbonyl (C=O) groups is 2. The molecular formula is C21H26N2O5S2. The number of rotatable bonds is 6. The molecule has 0 radical (unpaired) electrons. The first kappa shape index (κ1) is 22.5. The van der Waals surface area contributed by atoms with Crippen molar-refractivity contribution in [3.63, 3.8) is 0 Å². The molecule has 7 nitrogen and oxygen atoms in total. The zero-order chi connectivity index (χ0) is 22.1. The number of esters is 1. The van der Waals surface area contributed by atoms with Gasteiger partial charge in [0.25, 0.3) is 5.91 Å². The third-order valence-electron chi connectivity index (χ3n) is 5.31. The lowest BCUT2D eigenvalue weighted by Gasteiger charge is -2.21. The first-order chi connectivity index (χ1) is 14.2. The number of amides is 1. The van der Waals surface area contributed by atoms with Gasteiger partial charge in [0.15, 0.2) is 0 Å². The van der Waals surface area contributed by atoms with Gasteiger partial charge < -0.3 is 10.1 Å². The molecule has 0 saturated carbocycles. The third kappa shape index (κ3) is 4.28. The number of aryl methyl sites for hydroxylation is 1. The van der Waals surface area contributed by atoms with Gasteiger partial charge in [-0.25, -0.2) is 13.2 Å². The van der Waals surface area contributed by atoms with Crippen LogP contribution in [0, 0.1) is 0 Å². The van der Waals surface area contributed by atoms with Crippen molar-refractivity contribution in [2.24, 2.45) is 0 Å². The van der Waals surface area contributed by atoms with Gasteiger partial charge in [-0.05, 0) is 69.4 Å². The van der Waals surface area contributed by atoms with Crippen LogP contribution < -0.4 is 5.32 Å². The Kier molecular flexibility index (Phi) is 6.64. The van der Waals surface area contributed by atoms with E-state index in [4.69, 9.17) is 4.74 Å². The highest BCUT2D eigenvalue weighted by Crippen LogP contribution is 2.38. The van der Waals surface area contributed by atoms with Crippen molar-refractivity contribution in [3.8, 4) is 0 Å². The summed E-state index contributed by atoms with van der Waals surface area (Å²) in [6.07, 6.45) is 3.74. The van der Waals surface area contributed by atoms with Crippen LogP contribution in [0.3, 0.4) is 0 Å². The Morgan fingerprint density at radius 3 is 2.37 bits per heavy atom. The molecule has 1 aromatic heterocycles. The molecule has 1 aliphatic carbocycles. The third-order valence-corrected chi connectivity index (χ3v) is 8.56. The van der Waals surface area contributed by atoms with E-state index in [2.05, 4.69) is 5.32 Å². The van der Waals surface area contributed by atoms with Gasteiger partial charge in [0.1, 0.15) is 5.00 Å². The fourth-order valence-electron chi connectivity index (χ4n) is 3.37. The van der Waals surface area contributed by atoms with E-state index in [0.717, 1.165) is 36.1 Å². The fourth-order valence-corrected chi connectivity index (χ4v) is 6.01. The van der Waals surface area contributed by atoms with E-state index in [0.29, 0.717) is 16.1 Å². The van der Waals surface area contributed by atoms with E-state index in [1.165, 1.54) is 54.1 Å². The van der Waals surface area contributed by atoms with Crippen LogP contribution >= 0.6 is 11.3 Å². The molecule has 2 aromatic rings. The van der Waals surface area contributed by atoms with E-state index in [9.17, 15) is 18.0 Å². The van der Waals surface area contributed by atoms with Crippen molar-refractivity contribution < 1.29 is 22.7 Å². The summed E-state index contributed by atoms with van der Waals surface area (Å²) in [5.41, 5.74) is 1.71. The van der Waals surface area contributed by atoms with Crippen molar-refractivity contribution in [1.82, 2.24) is 4.31 Å². The Morgan fingerprint density at radius 1 is 1.13 bits per heavy atom. The van der Waals surface area contributed by atoms with Gasteiger partial charge in [0.05, 0.1) is 17.6 Å². The molecule has 0 aliphatic heterocycles. The number of thiophene rings is 1. The number of sulfonamides is 1. The quantitative estimate of drug-likeness (QED) is 0.678. The van der Waals surface area contributed by atoms with Gasteiger partial charge in [-0.2, -0.15) is 4.31 Å². The topological polar surface area (TPSA) is 92.8 Å². The Balaban J connectivity index is 1.85. The van der Waals surface area contributed by atoms with Crippen molar-refractivity contribution in [3.05, 3.63) is 45.8 Å². The van der Waals surface area contributed by atoms with Crippen molar-refractivity contribution >= 4 is 38.2 Å². The zero-order valence-corrected chi connectivity index (χ0v) is 19.2. The maximum atomic E-state index is 12.8. The molecule has 0 saturated heterocycles. The number of hydrogen-bond donors (Lipinski definition) is 1. The molecule has 0 unspecified atom stereocenters. The van der Waals surface area contributed by atoms with E-state index >= 15 is 0 Å². The molecule has 1 aliphatic rings. The largest absolute Gasteiger partial charge is 0.465 e. The second-order valence-corrected chi connectivity index (χ2v) is 10.6. The normalized spacial score (nSPS) is 13.9. The lowest BCUT2D eigenvalue weighted by atomic mass is 9.95. The van der Waals surface area contributed by atoms with Crippen LogP contribution in [-0.2, 0) is 27.6 Å². The van der Waals surface area contributed by atoms with E-state index in [1.54, 1.807) is 13.8 Å². The van der Waals surface area contributed by atoms with E-state index in [1.807, 2.05) is 0 Å². The minimum Gasteiger partial charge on any atom is -0.465 e. The number of anilines is 1. The molecule has 1 aromatic carbocycles. The first-order valence-electron chi connectivity index (χ1n) is 9.79. The number of nitrogens with one attached hydrogen (secondary N) is 1. The SMILES string of the molecule is COC(=O)c1c(NC(=O)c2ccc(S(=O)(=O)N(C)C(C)C)cc2)sc2c1CCCC2. The molecule has 0 fully saturated rings. The van der Waals surface area contributed by atoms with Crippen LogP contribution in [0.4, 0.5) is 5.00 Å². The predicted octanol–water partition coefficient (Wildman–Crippen LogP) is 3.69. The van der Waals surface area contributed by atoms with Gasteiger partial charge in [-0.3, -0.25) is 4.79 Å². The summed E-state index contributed by atoms with van der Waals surface area (Å²) in [5, 5.41) is 3.30. The summed E-state index contributed by atoms with van der Waals surface area (Å²) in [6, 6.07) is 5.61. The van der Waals surface area contributed by atoms with Gasteiger partial charge in [-0.15, -0.1) is 11.3 Å². The highest BCUT2D eigenvalue weighted by atomic mass is 32.2. The Labute approximate surface area is 181 Å². The number of carbonyl (C=O) groups excluding carboxylic acids is 2. The minimum atomic E-state index is -3.62. The van der Waals surface area contributed by atoms with Crippen LogP contribution in [0.25, 0.3) is 0 Å². The number of hydrogen-bond acceptors (Lipinski definition) is 6. The lowest BCUT2D eigenvalue weighted by Crippen LogP contribution is -2.33. The highest BCUT2D eigenvalue weighted by Gasteiger charge is 2.27. The van der Waals surface area contributed by atoms with Crippen LogP contribution in [-0.4, -0.2) is 44.8 Å². The number of nitrogens with zero attached hydrogens (tertiary/aromatic N) is 1. The molecule has 3 rings (SSSR count). The van der Waals surface area contributed by atoms with Crippen molar-refractivity contribution in [2.45, 2.75) is 50.5 Å². The number of benzene rings is 1. The highest BCUT2D eigenvalue weighted by molar-refractivity contribution is 7.89. The average Bonchev–Trinajstić information content (AvgIpc) is 3.10. The molecule has 9 heteroatoms. The second-order valence-electron chi connectivity index (χ2n) is 7.50. The Morgan fingerprint density at radius 2 is 1.77 bits per heavy atom. The fraction of sp³-hybridized carbons (Fsp3) is 0.429. The molecule has 1 amide bonds. The van der Waals surface area contributed by atoms with Crippen LogP contribution in [0.2, 0.25) is 0 Å². The summed E-state index contributed by atoms with van der Waals surface area (Å²) < 4.78 is 31.4. The maximum Gasteiger partial charge on any atom is 0.341 e. The Bertz CT molecular complexity index is 1060. The number of fused-ring (bicyclic) bond motifs is 1. The van der Waals surface area contributed by atoms with Gasteiger partial charge >= 0.3 is 5.97 Å². The standard InChI is InChI=1S/C21H26N2O5S2/c1-13(2)23(3)30(26,27)15-11-9-14(10-12-15)19(24)22-20-18(21(25)28-4)16-7-5-6-8-17(16)29-20/h9-13H,5-8H2,1-4H3,(H,22,24). The first-order valence-corrected chi connectivity index (χ1v) is 12.0. The average molecular weight is 451 g/mol. The minimum absolute atomic E-state index is 0.122. The molecular weight excluding hydrogens is 424 g/mol. The summed E-state index contributed by atoms with van der Waals surface area (Å²) >= 11 is 1.41. The summed E-state index contributed by atoms with van der Waals surface area (Å²) in [4.78, 5) is 26.3. The maximum absolute atomic E-state index is 12.8. The van der Waals surface area contributed by atoms with Crippen molar-refractivity contribution in [1.29, 1.82) is 0 Å². The molecule has 1 heterocycles. The molecule has 1 N–H and O–H groups in total. The van der Waals surface area contributed by atoms with Gasteiger partial charge in [0, 0.05) is 23.5 Å². The summed E-state index contributed by atoms with van der Waals surface area (Å²) in [7, 11) is -0.772. The molecule has 30 heavy (non-hydrogen) atoms. The number of ether oxygens (including phenoxy) is 1. The lowest BCUT2D eigenvalue weighted by molar-refractivity contribution is 0.0601. The smallest absolute Gasteiger partial charge is 0.341 e. The van der Waals surface area contributed by atoms with E-state index < -0.39 is 21.9 Å². The monoisotopic (exact) mass is 450 g/mol. The van der Waals surface area contributed by atoms with Crippen LogP contribution in [0.1, 0.15) is 57.8 Å². The van der Waals surface area contributed by atoms with E-state index in [-0.39, 0.29) is 10.9 Å². The number of methoxy groups -OCH3 is 1. The molecule has 0 spiro atoms. The summed E-state index contributed by atoms with van der Waals surface area (Å²) in [6.45, 7) is 3.58. The van der Waals surface area contributed by atoms with Crippen molar-refractivity contribution in [2.75, 3.05) is 19.5 Å².